The quantitative estimate of drug-likeness (QED) is 0.0285. The van der Waals surface area contributed by atoms with E-state index in [9.17, 15) is 19.0 Å². The van der Waals surface area contributed by atoms with Gasteiger partial charge in [0.05, 0.1) is 13.2 Å². The van der Waals surface area contributed by atoms with E-state index in [-0.39, 0.29) is 32.0 Å². The molecule has 306 valence electrons. The molecule has 52 heavy (non-hydrogen) atoms. The predicted octanol–water partition coefficient (Wildman–Crippen LogP) is 13.5. The fourth-order valence-corrected chi connectivity index (χ4v) is 6.77. The average Bonchev–Trinajstić information content (AvgIpc) is 3.12. The van der Waals surface area contributed by atoms with Gasteiger partial charge in [-0.05, 0) is 64.7 Å². The molecule has 1 N–H and O–H groups in total. The summed E-state index contributed by atoms with van der Waals surface area (Å²) in [6.45, 7) is 5.43. The van der Waals surface area contributed by atoms with Crippen LogP contribution in [0.25, 0.3) is 0 Å². The van der Waals surface area contributed by atoms with Gasteiger partial charge in [-0.3, -0.25) is 18.6 Å². The number of carbonyl (C=O) groups is 2. The first-order chi connectivity index (χ1) is 25.3. The molecule has 0 aromatic carbocycles. The second-order valence-electron chi connectivity index (χ2n) is 14.4. The van der Waals surface area contributed by atoms with E-state index in [4.69, 9.17) is 18.5 Å². The molecule has 0 amide bonds. The van der Waals surface area contributed by atoms with Crippen molar-refractivity contribution in [3.63, 3.8) is 0 Å². The van der Waals surface area contributed by atoms with E-state index in [2.05, 4.69) is 38.2 Å². The molecule has 0 saturated carbocycles. The number of allylic oxidation sites excluding steroid dienone is 4. The van der Waals surface area contributed by atoms with Crippen molar-refractivity contribution in [2.45, 2.75) is 219 Å². The molecule has 0 spiro atoms. The van der Waals surface area contributed by atoms with Crippen LogP contribution in [0.1, 0.15) is 213 Å². The van der Waals surface area contributed by atoms with Crippen molar-refractivity contribution in [3.05, 3.63) is 24.3 Å². The smallest absolute Gasteiger partial charge is 0.462 e. The van der Waals surface area contributed by atoms with Gasteiger partial charge in [-0.25, -0.2) is 4.57 Å². The van der Waals surface area contributed by atoms with Gasteiger partial charge in [0.1, 0.15) is 6.61 Å². The molecule has 0 aliphatic carbocycles. The van der Waals surface area contributed by atoms with Crippen LogP contribution in [0.2, 0.25) is 0 Å². The van der Waals surface area contributed by atoms with Crippen molar-refractivity contribution in [2.24, 2.45) is 0 Å². The third-order valence-electron chi connectivity index (χ3n) is 9.23. The van der Waals surface area contributed by atoms with Gasteiger partial charge in [0, 0.05) is 12.8 Å². The lowest BCUT2D eigenvalue weighted by Crippen LogP contribution is -2.29. The standard InChI is InChI=1S/C43H81O8P/c1-4-7-9-11-13-15-17-18-19-20-21-22-23-24-25-26-28-30-32-34-36-38-43(45)51-41(40-50-52(46,47)49-6-3)39-48-42(44)37-35-33-31-29-27-16-14-12-10-8-5-2/h12,14,20-21,41H,4-11,13,15-19,22-40H2,1-3H3,(H,46,47)/b14-12-,21-20-. The highest BCUT2D eigenvalue weighted by atomic mass is 31.2. The zero-order valence-corrected chi connectivity index (χ0v) is 34.9. The summed E-state index contributed by atoms with van der Waals surface area (Å²) in [6, 6.07) is 0. The maximum Gasteiger partial charge on any atom is 0.472 e. The number of hydrogen-bond donors (Lipinski definition) is 1. The lowest BCUT2D eigenvalue weighted by molar-refractivity contribution is -0.161. The van der Waals surface area contributed by atoms with Gasteiger partial charge in [-0.1, -0.05) is 160 Å². The average molecular weight is 757 g/mol. The van der Waals surface area contributed by atoms with Crippen molar-refractivity contribution < 1.29 is 37.6 Å². The van der Waals surface area contributed by atoms with E-state index >= 15 is 0 Å². The van der Waals surface area contributed by atoms with Crippen LogP contribution in [0.4, 0.5) is 0 Å². The Hall–Kier alpha value is -1.47. The summed E-state index contributed by atoms with van der Waals surface area (Å²) in [6.07, 6.45) is 42.4. The molecule has 0 aromatic heterocycles. The summed E-state index contributed by atoms with van der Waals surface area (Å²) in [5.74, 6) is -0.807. The number of rotatable bonds is 40. The van der Waals surface area contributed by atoms with E-state index in [1.165, 1.54) is 116 Å². The first-order valence-electron chi connectivity index (χ1n) is 21.6. The van der Waals surface area contributed by atoms with Crippen LogP contribution >= 0.6 is 7.82 Å². The molecule has 9 heteroatoms. The fourth-order valence-electron chi connectivity index (χ4n) is 6.02. The van der Waals surface area contributed by atoms with Crippen LogP contribution in [0.3, 0.4) is 0 Å². The van der Waals surface area contributed by atoms with E-state index < -0.39 is 26.5 Å². The first kappa shape index (κ1) is 50.5. The Balaban J connectivity index is 4.02. The number of carbonyl (C=O) groups excluding carboxylic acids is 2. The van der Waals surface area contributed by atoms with Crippen molar-refractivity contribution in [2.75, 3.05) is 19.8 Å². The Labute approximate surface area is 320 Å². The predicted molar refractivity (Wildman–Crippen MR) is 216 cm³/mol. The molecule has 2 atom stereocenters. The summed E-state index contributed by atoms with van der Waals surface area (Å²) in [4.78, 5) is 34.7. The maximum absolute atomic E-state index is 12.5. The number of phosphoric acid groups is 1. The molecule has 0 saturated heterocycles. The second-order valence-corrected chi connectivity index (χ2v) is 15.8. The molecule has 0 aliphatic heterocycles. The zero-order valence-electron chi connectivity index (χ0n) is 34.0. The lowest BCUT2D eigenvalue weighted by atomic mass is 10.1. The number of unbranched alkanes of at least 4 members (excludes halogenated alkanes) is 24. The van der Waals surface area contributed by atoms with Gasteiger partial charge in [-0.15, -0.1) is 0 Å². The molecular formula is C43H81O8P. The van der Waals surface area contributed by atoms with Crippen molar-refractivity contribution in [3.8, 4) is 0 Å². The second kappa shape index (κ2) is 39.2. The molecule has 0 aliphatic rings. The monoisotopic (exact) mass is 757 g/mol. The highest BCUT2D eigenvalue weighted by Gasteiger charge is 2.25. The molecular weight excluding hydrogens is 675 g/mol. The summed E-state index contributed by atoms with van der Waals surface area (Å²) in [7, 11) is -4.28. The number of esters is 2. The van der Waals surface area contributed by atoms with Gasteiger partial charge in [0.25, 0.3) is 0 Å². The Bertz CT molecular complexity index is 906. The van der Waals surface area contributed by atoms with Gasteiger partial charge in [-0.2, -0.15) is 0 Å². The zero-order chi connectivity index (χ0) is 38.2. The summed E-state index contributed by atoms with van der Waals surface area (Å²) >= 11 is 0. The van der Waals surface area contributed by atoms with Crippen LogP contribution in [0, 0.1) is 0 Å². The molecule has 0 heterocycles. The highest BCUT2D eigenvalue weighted by Crippen LogP contribution is 2.43. The van der Waals surface area contributed by atoms with Crippen LogP contribution in [0.5, 0.6) is 0 Å². The molecule has 0 fully saturated rings. The van der Waals surface area contributed by atoms with Crippen LogP contribution in [-0.4, -0.2) is 42.8 Å². The maximum atomic E-state index is 12.5. The van der Waals surface area contributed by atoms with Crippen LogP contribution < -0.4 is 0 Å². The third-order valence-corrected chi connectivity index (χ3v) is 10.3. The minimum absolute atomic E-state index is 0.0000497. The van der Waals surface area contributed by atoms with E-state index in [0.29, 0.717) is 6.42 Å². The normalized spacial score (nSPS) is 13.5. The Morgan fingerprint density at radius 3 is 1.33 bits per heavy atom. The van der Waals surface area contributed by atoms with Gasteiger partial charge >= 0.3 is 19.8 Å². The first-order valence-corrected chi connectivity index (χ1v) is 23.1. The van der Waals surface area contributed by atoms with Gasteiger partial charge in [0.2, 0.25) is 0 Å². The lowest BCUT2D eigenvalue weighted by Gasteiger charge is -2.19. The van der Waals surface area contributed by atoms with Crippen molar-refractivity contribution in [1.82, 2.24) is 0 Å². The van der Waals surface area contributed by atoms with E-state index in [1.54, 1.807) is 6.92 Å². The molecule has 2 unspecified atom stereocenters. The van der Waals surface area contributed by atoms with E-state index in [1.807, 2.05) is 0 Å². The van der Waals surface area contributed by atoms with E-state index in [0.717, 1.165) is 57.8 Å². The summed E-state index contributed by atoms with van der Waals surface area (Å²) in [5, 5.41) is 0. The largest absolute Gasteiger partial charge is 0.472 e. The van der Waals surface area contributed by atoms with Crippen LogP contribution in [-0.2, 0) is 32.7 Å². The topological polar surface area (TPSA) is 108 Å². The fraction of sp³-hybridized carbons (Fsp3) is 0.860. The number of phosphoric ester groups is 1. The molecule has 0 aromatic rings. The SMILES string of the molecule is CCCC/C=C\CCCCCCCC(=O)OCC(COP(=O)(O)OCC)OC(=O)CCCCCCCCCCC/C=C\CCCCCCCCCC. The molecule has 8 nitrogen and oxygen atoms in total. The number of hydrogen-bond acceptors (Lipinski definition) is 7. The van der Waals surface area contributed by atoms with Crippen molar-refractivity contribution >= 4 is 19.8 Å². The Kier molecular flexibility index (Phi) is 38.1. The third kappa shape index (κ3) is 38.3. The van der Waals surface area contributed by atoms with Gasteiger partial charge in [0.15, 0.2) is 6.10 Å². The van der Waals surface area contributed by atoms with Gasteiger partial charge < -0.3 is 14.4 Å². The Morgan fingerprint density at radius 1 is 0.500 bits per heavy atom. The summed E-state index contributed by atoms with van der Waals surface area (Å²) < 4.78 is 32.6. The highest BCUT2D eigenvalue weighted by molar-refractivity contribution is 7.47. The van der Waals surface area contributed by atoms with Crippen molar-refractivity contribution in [1.29, 1.82) is 0 Å². The number of ether oxygens (including phenoxy) is 2. The minimum atomic E-state index is -4.28. The molecule has 0 radical (unpaired) electrons. The summed E-state index contributed by atoms with van der Waals surface area (Å²) in [5.41, 5.74) is 0. The molecule has 0 rings (SSSR count). The molecule has 0 bridgehead atoms. The Morgan fingerprint density at radius 2 is 0.885 bits per heavy atom. The van der Waals surface area contributed by atoms with Crippen LogP contribution in [0.15, 0.2) is 24.3 Å². The minimum Gasteiger partial charge on any atom is -0.462 e.